The van der Waals surface area contributed by atoms with Gasteiger partial charge in [-0.15, -0.1) is 0 Å². The first kappa shape index (κ1) is 16.6. The number of aliphatic carboxylic acids is 1. The molecule has 0 aliphatic rings. The number of benzene rings is 2. The zero-order valence-electron chi connectivity index (χ0n) is 13.8. The molecule has 3 rings (SSSR count). The van der Waals surface area contributed by atoms with Crippen molar-refractivity contribution in [3.8, 4) is 11.3 Å². The summed E-state index contributed by atoms with van der Waals surface area (Å²) in [4.78, 5) is 14.8. The van der Waals surface area contributed by atoms with Crippen LogP contribution in [0.25, 0.3) is 22.2 Å². The van der Waals surface area contributed by atoms with Gasteiger partial charge in [0.1, 0.15) is 0 Å². The van der Waals surface area contributed by atoms with Gasteiger partial charge in [0.25, 0.3) is 0 Å². The van der Waals surface area contributed by atoms with Gasteiger partial charge in [-0.25, -0.2) is 0 Å². The Bertz CT molecular complexity index is 881. The van der Waals surface area contributed by atoms with Crippen molar-refractivity contribution in [2.45, 2.75) is 32.6 Å². The van der Waals surface area contributed by atoms with Crippen molar-refractivity contribution >= 4 is 28.5 Å². The fourth-order valence-electron chi connectivity index (χ4n) is 3.01. The Labute approximate surface area is 146 Å². The normalized spacial score (nSPS) is 12.5. The highest BCUT2D eigenvalue weighted by molar-refractivity contribution is 6.30. The summed E-state index contributed by atoms with van der Waals surface area (Å²) in [5.74, 6) is -0.388. The molecular weight excluding hydrogens is 322 g/mol. The van der Waals surface area contributed by atoms with Crippen LogP contribution >= 0.6 is 11.6 Å². The molecule has 24 heavy (non-hydrogen) atoms. The molecule has 0 aliphatic heterocycles. The number of hydrogen-bond donors (Lipinski definition) is 2. The van der Waals surface area contributed by atoms with Gasteiger partial charge in [0.15, 0.2) is 0 Å². The molecule has 4 heteroatoms. The Morgan fingerprint density at radius 2 is 1.92 bits per heavy atom. The van der Waals surface area contributed by atoms with Crippen LogP contribution in [0.3, 0.4) is 0 Å². The lowest BCUT2D eigenvalue weighted by atomic mass is 9.95. The summed E-state index contributed by atoms with van der Waals surface area (Å²) in [6.45, 7) is 4.34. The summed E-state index contributed by atoms with van der Waals surface area (Å²) in [7, 11) is 0. The van der Waals surface area contributed by atoms with Crippen LogP contribution in [0.15, 0.2) is 42.5 Å². The molecule has 124 valence electrons. The van der Waals surface area contributed by atoms with Crippen molar-refractivity contribution in [2.75, 3.05) is 0 Å². The SMILES string of the molecule is CCC(C)c1ccc2[nH]c(-c3ccc(Cl)cc3)c(CC(=O)O)c2c1. The highest BCUT2D eigenvalue weighted by Crippen LogP contribution is 2.33. The number of carbonyl (C=O) groups is 1. The Kier molecular flexibility index (Phi) is 4.63. The Balaban J connectivity index is 2.20. The number of H-pyrrole nitrogens is 1. The molecule has 1 aromatic heterocycles. The quantitative estimate of drug-likeness (QED) is 0.632. The van der Waals surface area contributed by atoms with Crippen LogP contribution in [0, 0.1) is 0 Å². The van der Waals surface area contributed by atoms with Gasteiger partial charge in [-0.1, -0.05) is 43.6 Å². The van der Waals surface area contributed by atoms with Crippen molar-refractivity contribution < 1.29 is 9.90 Å². The molecule has 1 atom stereocenters. The number of nitrogens with one attached hydrogen (secondary N) is 1. The molecule has 2 N–H and O–H groups in total. The minimum Gasteiger partial charge on any atom is -0.481 e. The maximum Gasteiger partial charge on any atom is 0.307 e. The molecule has 1 unspecified atom stereocenters. The number of rotatable bonds is 5. The Hall–Kier alpha value is -2.26. The maximum atomic E-state index is 11.4. The molecule has 3 nitrogen and oxygen atoms in total. The lowest BCUT2D eigenvalue weighted by Gasteiger charge is -2.09. The summed E-state index contributed by atoms with van der Waals surface area (Å²) in [5, 5.41) is 11.0. The molecule has 1 heterocycles. The molecule has 0 amide bonds. The molecule has 2 aromatic carbocycles. The molecular formula is C20H20ClNO2. The van der Waals surface area contributed by atoms with E-state index in [9.17, 15) is 9.90 Å². The first-order chi connectivity index (χ1) is 11.5. The highest BCUT2D eigenvalue weighted by atomic mass is 35.5. The smallest absolute Gasteiger partial charge is 0.307 e. The van der Waals surface area contributed by atoms with E-state index in [0.29, 0.717) is 10.9 Å². The van der Waals surface area contributed by atoms with Crippen LogP contribution < -0.4 is 0 Å². The second-order valence-corrected chi connectivity index (χ2v) is 6.61. The third-order valence-corrected chi connectivity index (χ3v) is 4.82. The van der Waals surface area contributed by atoms with Crippen LogP contribution in [0.1, 0.15) is 37.3 Å². The van der Waals surface area contributed by atoms with Gasteiger partial charge in [-0.3, -0.25) is 4.79 Å². The van der Waals surface area contributed by atoms with Gasteiger partial charge in [-0.05, 0) is 53.3 Å². The van der Waals surface area contributed by atoms with Crippen LogP contribution in [0.4, 0.5) is 0 Å². The van der Waals surface area contributed by atoms with Crippen molar-refractivity contribution in [1.82, 2.24) is 4.98 Å². The van der Waals surface area contributed by atoms with E-state index in [-0.39, 0.29) is 6.42 Å². The average molecular weight is 342 g/mol. The standard InChI is InChI=1S/C20H20ClNO2/c1-3-12(2)14-6-9-18-16(10-14)17(11-19(23)24)20(22-18)13-4-7-15(21)8-5-13/h4-10,12,22H,3,11H2,1-2H3,(H,23,24). The van der Waals surface area contributed by atoms with Gasteiger partial charge < -0.3 is 10.1 Å². The van der Waals surface area contributed by atoms with Gasteiger partial charge in [0, 0.05) is 15.9 Å². The van der Waals surface area contributed by atoms with Crippen molar-refractivity contribution in [3.05, 3.63) is 58.6 Å². The first-order valence-electron chi connectivity index (χ1n) is 8.11. The van der Waals surface area contributed by atoms with E-state index in [2.05, 4.69) is 31.0 Å². The number of carboxylic acids is 1. The summed E-state index contributed by atoms with van der Waals surface area (Å²) >= 11 is 5.97. The second kappa shape index (κ2) is 6.70. The lowest BCUT2D eigenvalue weighted by molar-refractivity contribution is -0.136. The van der Waals surface area contributed by atoms with Gasteiger partial charge in [0.05, 0.1) is 12.1 Å². The van der Waals surface area contributed by atoms with Crippen LogP contribution in [-0.4, -0.2) is 16.1 Å². The fraction of sp³-hybridized carbons (Fsp3) is 0.250. The summed E-state index contributed by atoms with van der Waals surface area (Å²) < 4.78 is 0. The predicted octanol–water partition coefficient (Wildman–Crippen LogP) is 5.63. The van der Waals surface area contributed by atoms with E-state index in [0.717, 1.165) is 34.1 Å². The molecule has 3 aromatic rings. The third kappa shape index (κ3) is 3.17. The summed E-state index contributed by atoms with van der Waals surface area (Å²) in [6, 6.07) is 13.7. The van der Waals surface area contributed by atoms with Crippen molar-refractivity contribution in [1.29, 1.82) is 0 Å². The van der Waals surface area contributed by atoms with E-state index in [4.69, 9.17) is 11.6 Å². The predicted molar refractivity (Wildman–Crippen MR) is 98.8 cm³/mol. The summed E-state index contributed by atoms with van der Waals surface area (Å²) in [6.07, 6.45) is 1.04. The molecule has 0 radical (unpaired) electrons. The molecule has 0 fully saturated rings. The number of aromatic amines is 1. The second-order valence-electron chi connectivity index (χ2n) is 6.17. The van der Waals surface area contributed by atoms with Crippen LogP contribution in [0.5, 0.6) is 0 Å². The van der Waals surface area contributed by atoms with E-state index < -0.39 is 5.97 Å². The van der Waals surface area contributed by atoms with E-state index in [1.807, 2.05) is 30.3 Å². The molecule has 0 bridgehead atoms. The van der Waals surface area contributed by atoms with Crippen molar-refractivity contribution in [2.24, 2.45) is 0 Å². The number of aromatic nitrogens is 1. The van der Waals surface area contributed by atoms with Gasteiger partial charge in [-0.2, -0.15) is 0 Å². The average Bonchev–Trinajstić information content (AvgIpc) is 2.92. The third-order valence-electron chi connectivity index (χ3n) is 4.57. The largest absolute Gasteiger partial charge is 0.481 e. The number of carboxylic acid groups (broad SMARTS) is 1. The Morgan fingerprint density at radius 3 is 2.54 bits per heavy atom. The first-order valence-corrected chi connectivity index (χ1v) is 8.49. The summed E-state index contributed by atoms with van der Waals surface area (Å²) in [5.41, 5.74) is 4.81. The number of hydrogen-bond acceptors (Lipinski definition) is 1. The molecule has 0 spiro atoms. The fourth-order valence-corrected chi connectivity index (χ4v) is 3.13. The molecule has 0 aliphatic carbocycles. The van der Waals surface area contributed by atoms with Gasteiger partial charge in [0.2, 0.25) is 0 Å². The molecule has 0 saturated carbocycles. The zero-order chi connectivity index (χ0) is 17.3. The zero-order valence-corrected chi connectivity index (χ0v) is 14.5. The number of halogens is 1. The highest BCUT2D eigenvalue weighted by Gasteiger charge is 2.17. The lowest BCUT2D eigenvalue weighted by Crippen LogP contribution is -2.01. The number of fused-ring (bicyclic) bond motifs is 1. The topological polar surface area (TPSA) is 53.1 Å². The van der Waals surface area contributed by atoms with Crippen LogP contribution in [0.2, 0.25) is 5.02 Å². The maximum absolute atomic E-state index is 11.4. The minimum absolute atomic E-state index is 0.0120. The van der Waals surface area contributed by atoms with E-state index in [1.165, 1.54) is 5.56 Å². The minimum atomic E-state index is -0.833. The van der Waals surface area contributed by atoms with Crippen LogP contribution in [-0.2, 0) is 11.2 Å². The van der Waals surface area contributed by atoms with E-state index >= 15 is 0 Å². The molecule has 0 saturated heterocycles. The van der Waals surface area contributed by atoms with Crippen molar-refractivity contribution in [3.63, 3.8) is 0 Å². The van der Waals surface area contributed by atoms with E-state index in [1.54, 1.807) is 0 Å². The Morgan fingerprint density at radius 1 is 1.21 bits per heavy atom. The van der Waals surface area contributed by atoms with Gasteiger partial charge >= 0.3 is 5.97 Å². The monoisotopic (exact) mass is 341 g/mol.